The van der Waals surface area contributed by atoms with Gasteiger partial charge >= 0.3 is 0 Å². The molecule has 0 aromatic rings. The van der Waals surface area contributed by atoms with E-state index in [2.05, 4.69) is 24.8 Å². The standard InChI is InChI=1S/C14H26N2O/c1-3-12-6-7-13(11-15)14(10-12)16(4-2)8-5-9-17/h12-14,17H,3-10H2,1-2H3. The average molecular weight is 238 g/mol. The van der Waals surface area contributed by atoms with Gasteiger partial charge in [-0.1, -0.05) is 20.3 Å². The molecule has 0 aromatic carbocycles. The van der Waals surface area contributed by atoms with Crippen LogP contribution in [-0.4, -0.2) is 35.7 Å². The molecule has 3 heteroatoms. The third-order valence-electron chi connectivity index (χ3n) is 4.15. The highest BCUT2D eigenvalue weighted by Gasteiger charge is 2.32. The second-order valence-electron chi connectivity index (χ2n) is 5.10. The lowest BCUT2D eigenvalue weighted by molar-refractivity contribution is 0.0971. The first-order chi connectivity index (χ1) is 8.26. The molecule has 1 N–H and O–H groups in total. The van der Waals surface area contributed by atoms with Gasteiger partial charge in [-0.2, -0.15) is 5.26 Å². The van der Waals surface area contributed by atoms with E-state index in [0.717, 1.165) is 38.3 Å². The van der Waals surface area contributed by atoms with Crippen LogP contribution in [0.3, 0.4) is 0 Å². The molecule has 0 saturated heterocycles. The molecule has 1 fully saturated rings. The second kappa shape index (κ2) is 7.68. The van der Waals surface area contributed by atoms with Crippen molar-refractivity contribution in [1.82, 2.24) is 4.90 Å². The van der Waals surface area contributed by atoms with Crippen molar-refractivity contribution in [2.45, 2.75) is 52.0 Å². The summed E-state index contributed by atoms with van der Waals surface area (Å²) >= 11 is 0. The maximum absolute atomic E-state index is 9.26. The summed E-state index contributed by atoms with van der Waals surface area (Å²) in [5, 5.41) is 18.2. The molecule has 0 aromatic heterocycles. The molecule has 0 aliphatic heterocycles. The van der Waals surface area contributed by atoms with Gasteiger partial charge in [0.2, 0.25) is 0 Å². The molecular weight excluding hydrogens is 212 g/mol. The summed E-state index contributed by atoms with van der Waals surface area (Å²) in [5.74, 6) is 0.976. The lowest BCUT2D eigenvalue weighted by Crippen LogP contribution is -2.44. The van der Waals surface area contributed by atoms with Gasteiger partial charge in [0.25, 0.3) is 0 Å². The van der Waals surface area contributed by atoms with Crippen LogP contribution in [0.2, 0.25) is 0 Å². The number of hydrogen-bond donors (Lipinski definition) is 1. The lowest BCUT2D eigenvalue weighted by atomic mass is 9.77. The topological polar surface area (TPSA) is 47.3 Å². The van der Waals surface area contributed by atoms with E-state index in [1.807, 2.05) is 0 Å². The van der Waals surface area contributed by atoms with E-state index in [9.17, 15) is 5.26 Å². The van der Waals surface area contributed by atoms with Crippen molar-refractivity contribution in [2.24, 2.45) is 11.8 Å². The number of rotatable bonds is 6. The number of nitriles is 1. The zero-order valence-electron chi connectivity index (χ0n) is 11.2. The Morgan fingerprint density at radius 1 is 1.35 bits per heavy atom. The van der Waals surface area contributed by atoms with Crippen LogP contribution in [0.1, 0.15) is 46.0 Å². The fourth-order valence-electron chi connectivity index (χ4n) is 2.99. The van der Waals surface area contributed by atoms with Gasteiger partial charge in [-0.15, -0.1) is 0 Å². The third kappa shape index (κ3) is 3.97. The fraction of sp³-hybridized carbons (Fsp3) is 0.929. The highest BCUT2D eigenvalue weighted by Crippen LogP contribution is 2.33. The molecule has 1 aliphatic rings. The van der Waals surface area contributed by atoms with Gasteiger partial charge in [-0.05, 0) is 38.1 Å². The monoisotopic (exact) mass is 238 g/mol. The molecule has 0 heterocycles. The smallest absolute Gasteiger partial charge is 0.0672 e. The molecule has 1 saturated carbocycles. The number of aliphatic hydroxyl groups excluding tert-OH is 1. The van der Waals surface area contributed by atoms with E-state index in [1.54, 1.807) is 0 Å². The quantitative estimate of drug-likeness (QED) is 0.773. The van der Waals surface area contributed by atoms with E-state index < -0.39 is 0 Å². The lowest BCUT2D eigenvalue weighted by Gasteiger charge is -2.39. The van der Waals surface area contributed by atoms with Crippen molar-refractivity contribution in [3.8, 4) is 6.07 Å². The summed E-state index contributed by atoms with van der Waals surface area (Å²) in [6.45, 7) is 6.56. The van der Waals surface area contributed by atoms with Crippen LogP contribution in [0.15, 0.2) is 0 Å². The summed E-state index contributed by atoms with van der Waals surface area (Å²) in [6.07, 6.45) is 5.47. The molecule has 0 radical (unpaired) electrons. The molecule has 17 heavy (non-hydrogen) atoms. The molecule has 0 spiro atoms. The maximum Gasteiger partial charge on any atom is 0.0672 e. The predicted octanol–water partition coefficient (Wildman–Crippen LogP) is 2.41. The fourth-order valence-corrected chi connectivity index (χ4v) is 2.99. The Morgan fingerprint density at radius 2 is 2.12 bits per heavy atom. The first-order valence-corrected chi connectivity index (χ1v) is 7.01. The van der Waals surface area contributed by atoms with Gasteiger partial charge in [0.1, 0.15) is 0 Å². The van der Waals surface area contributed by atoms with Gasteiger partial charge < -0.3 is 5.11 Å². The van der Waals surface area contributed by atoms with Gasteiger partial charge in [0.05, 0.1) is 12.0 Å². The van der Waals surface area contributed by atoms with Crippen molar-refractivity contribution < 1.29 is 5.11 Å². The van der Waals surface area contributed by atoms with Crippen LogP contribution in [0.25, 0.3) is 0 Å². The molecule has 1 rings (SSSR count). The first kappa shape index (κ1) is 14.5. The predicted molar refractivity (Wildman–Crippen MR) is 69.5 cm³/mol. The van der Waals surface area contributed by atoms with E-state index >= 15 is 0 Å². The number of nitrogens with zero attached hydrogens (tertiary/aromatic N) is 2. The minimum absolute atomic E-state index is 0.191. The Kier molecular flexibility index (Phi) is 6.54. The van der Waals surface area contributed by atoms with Crippen LogP contribution in [0.5, 0.6) is 0 Å². The van der Waals surface area contributed by atoms with Crippen LogP contribution in [0.4, 0.5) is 0 Å². The zero-order chi connectivity index (χ0) is 12.7. The molecule has 1 aliphatic carbocycles. The minimum atomic E-state index is 0.191. The summed E-state index contributed by atoms with van der Waals surface area (Å²) < 4.78 is 0. The summed E-state index contributed by atoms with van der Waals surface area (Å²) in [4.78, 5) is 2.39. The molecule has 98 valence electrons. The average Bonchev–Trinajstić information content (AvgIpc) is 2.39. The Hall–Kier alpha value is -0.590. The molecular formula is C14H26N2O. The normalized spacial score (nSPS) is 29.2. The highest BCUT2D eigenvalue weighted by molar-refractivity contribution is 4.97. The second-order valence-corrected chi connectivity index (χ2v) is 5.10. The molecule has 0 bridgehead atoms. The zero-order valence-corrected chi connectivity index (χ0v) is 11.2. The Bertz CT molecular complexity index is 249. The Labute approximate surface area is 105 Å². The SMILES string of the molecule is CCC1CCC(C#N)C(N(CC)CCCO)C1. The van der Waals surface area contributed by atoms with Gasteiger partial charge in [-0.25, -0.2) is 0 Å². The number of aliphatic hydroxyl groups is 1. The van der Waals surface area contributed by atoms with E-state index in [1.165, 1.54) is 12.8 Å². The molecule has 3 nitrogen and oxygen atoms in total. The van der Waals surface area contributed by atoms with E-state index in [4.69, 9.17) is 5.11 Å². The largest absolute Gasteiger partial charge is 0.396 e. The van der Waals surface area contributed by atoms with Crippen molar-refractivity contribution >= 4 is 0 Å². The summed E-state index contributed by atoms with van der Waals surface area (Å²) in [7, 11) is 0. The minimum Gasteiger partial charge on any atom is -0.396 e. The summed E-state index contributed by atoms with van der Waals surface area (Å²) in [6, 6.07) is 2.90. The Morgan fingerprint density at radius 3 is 2.65 bits per heavy atom. The molecule has 0 amide bonds. The highest BCUT2D eigenvalue weighted by atomic mass is 16.3. The van der Waals surface area contributed by atoms with Crippen LogP contribution < -0.4 is 0 Å². The summed E-state index contributed by atoms with van der Waals surface area (Å²) in [5.41, 5.74) is 0. The van der Waals surface area contributed by atoms with Crippen molar-refractivity contribution in [3.63, 3.8) is 0 Å². The van der Waals surface area contributed by atoms with Crippen LogP contribution in [-0.2, 0) is 0 Å². The molecule has 3 unspecified atom stereocenters. The van der Waals surface area contributed by atoms with Crippen molar-refractivity contribution in [2.75, 3.05) is 19.7 Å². The van der Waals surface area contributed by atoms with Crippen molar-refractivity contribution in [1.29, 1.82) is 5.26 Å². The Balaban J connectivity index is 2.63. The van der Waals surface area contributed by atoms with Gasteiger partial charge in [-0.3, -0.25) is 4.90 Å². The van der Waals surface area contributed by atoms with Gasteiger partial charge in [0.15, 0.2) is 0 Å². The molecule has 3 atom stereocenters. The third-order valence-corrected chi connectivity index (χ3v) is 4.15. The van der Waals surface area contributed by atoms with Gasteiger partial charge in [0, 0.05) is 19.2 Å². The van der Waals surface area contributed by atoms with Crippen LogP contribution in [0, 0.1) is 23.2 Å². The first-order valence-electron chi connectivity index (χ1n) is 7.01. The van der Waals surface area contributed by atoms with E-state index in [0.29, 0.717) is 6.04 Å². The maximum atomic E-state index is 9.26. The van der Waals surface area contributed by atoms with Crippen molar-refractivity contribution in [3.05, 3.63) is 0 Å². The number of hydrogen-bond acceptors (Lipinski definition) is 3. The van der Waals surface area contributed by atoms with Crippen LogP contribution >= 0.6 is 0 Å². The van der Waals surface area contributed by atoms with E-state index in [-0.39, 0.29) is 12.5 Å².